The summed E-state index contributed by atoms with van der Waals surface area (Å²) in [5.41, 5.74) is 0.753. The molecule has 1 aromatic carbocycles. The van der Waals surface area contributed by atoms with Gasteiger partial charge in [0.25, 0.3) is 0 Å². The van der Waals surface area contributed by atoms with Gasteiger partial charge in [-0.1, -0.05) is 31.9 Å². The molecule has 1 aromatic rings. The second kappa shape index (κ2) is 7.20. The highest BCUT2D eigenvalue weighted by Crippen LogP contribution is 2.23. The predicted octanol–water partition coefficient (Wildman–Crippen LogP) is 2.14. The summed E-state index contributed by atoms with van der Waals surface area (Å²) in [5.74, 6) is -1.14. The average Bonchev–Trinajstić information content (AvgIpc) is 2.48. The molecule has 0 aromatic heterocycles. The predicted molar refractivity (Wildman–Crippen MR) is 77.8 cm³/mol. The Bertz CT molecular complexity index is 502. The number of hydrogen-bond donors (Lipinski definition) is 2. The Hall–Kier alpha value is -1.91. The Morgan fingerprint density at radius 2 is 1.81 bits per heavy atom. The van der Waals surface area contributed by atoms with Crippen LogP contribution in [0.5, 0.6) is 0 Å². The number of rotatable bonds is 3. The second-order valence-electron chi connectivity index (χ2n) is 5.65. The Morgan fingerprint density at radius 3 is 2.48 bits per heavy atom. The van der Waals surface area contributed by atoms with Crippen LogP contribution in [0.3, 0.4) is 0 Å². The maximum atomic E-state index is 12.8. The smallest absolute Gasteiger partial charge is 0.309 e. The molecule has 1 fully saturated rings. The molecule has 0 unspecified atom stereocenters. The van der Waals surface area contributed by atoms with E-state index in [1.54, 1.807) is 12.1 Å². The number of amides is 2. The second-order valence-corrected chi connectivity index (χ2v) is 5.65. The third kappa shape index (κ3) is 4.55. The van der Waals surface area contributed by atoms with Gasteiger partial charge < -0.3 is 10.6 Å². The van der Waals surface area contributed by atoms with Crippen molar-refractivity contribution in [2.45, 2.75) is 45.2 Å². The van der Waals surface area contributed by atoms with Crippen LogP contribution in [-0.4, -0.2) is 17.9 Å². The van der Waals surface area contributed by atoms with E-state index in [9.17, 15) is 14.0 Å². The quantitative estimate of drug-likeness (QED) is 0.839. The highest BCUT2D eigenvalue weighted by molar-refractivity contribution is 6.35. The van der Waals surface area contributed by atoms with Crippen LogP contribution in [-0.2, 0) is 16.1 Å². The van der Waals surface area contributed by atoms with E-state index in [0.29, 0.717) is 5.92 Å². The van der Waals surface area contributed by atoms with Gasteiger partial charge in [0.1, 0.15) is 5.82 Å². The van der Waals surface area contributed by atoms with Crippen molar-refractivity contribution < 1.29 is 14.0 Å². The number of carbonyl (C=O) groups is 2. The Morgan fingerprint density at radius 1 is 1.14 bits per heavy atom. The highest BCUT2D eigenvalue weighted by atomic mass is 19.1. The zero-order valence-electron chi connectivity index (χ0n) is 12.2. The maximum absolute atomic E-state index is 12.8. The molecule has 0 heterocycles. The summed E-state index contributed by atoms with van der Waals surface area (Å²) in [7, 11) is 0. The highest BCUT2D eigenvalue weighted by Gasteiger charge is 2.25. The van der Waals surface area contributed by atoms with Gasteiger partial charge in [0.2, 0.25) is 0 Å². The summed E-state index contributed by atoms with van der Waals surface area (Å²) in [6, 6.07) is 5.90. The lowest BCUT2D eigenvalue weighted by Gasteiger charge is -2.29. The van der Waals surface area contributed by atoms with Crippen molar-refractivity contribution in [2.24, 2.45) is 5.92 Å². The van der Waals surface area contributed by atoms with Crippen molar-refractivity contribution >= 4 is 11.8 Å². The molecule has 5 heteroatoms. The molecule has 114 valence electrons. The van der Waals surface area contributed by atoms with Gasteiger partial charge in [0.15, 0.2) is 0 Å². The first-order valence-electron chi connectivity index (χ1n) is 7.39. The van der Waals surface area contributed by atoms with Crippen LogP contribution in [0.25, 0.3) is 0 Å². The Kier molecular flexibility index (Phi) is 5.31. The van der Waals surface area contributed by atoms with Crippen LogP contribution in [0, 0.1) is 11.7 Å². The van der Waals surface area contributed by atoms with E-state index >= 15 is 0 Å². The van der Waals surface area contributed by atoms with Gasteiger partial charge >= 0.3 is 11.8 Å². The molecule has 1 aliphatic carbocycles. The van der Waals surface area contributed by atoms with Crippen molar-refractivity contribution in [3.63, 3.8) is 0 Å². The van der Waals surface area contributed by atoms with E-state index in [-0.39, 0.29) is 18.4 Å². The molecule has 21 heavy (non-hydrogen) atoms. The van der Waals surface area contributed by atoms with Crippen LogP contribution >= 0.6 is 0 Å². The minimum absolute atomic E-state index is 0.0859. The molecule has 4 nitrogen and oxygen atoms in total. The van der Waals surface area contributed by atoms with Crippen LogP contribution in [0.2, 0.25) is 0 Å². The van der Waals surface area contributed by atoms with E-state index in [2.05, 4.69) is 17.6 Å². The number of benzene rings is 1. The fourth-order valence-corrected chi connectivity index (χ4v) is 2.63. The molecule has 1 saturated carbocycles. The number of halogens is 1. The lowest BCUT2D eigenvalue weighted by Crippen LogP contribution is -2.47. The molecule has 2 atom stereocenters. The third-order valence-corrected chi connectivity index (χ3v) is 4.00. The van der Waals surface area contributed by atoms with Crippen LogP contribution in [0.1, 0.15) is 38.2 Å². The van der Waals surface area contributed by atoms with Gasteiger partial charge in [-0.25, -0.2) is 4.39 Å². The minimum atomic E-state index is -0.642. The molecule has 1 aliphatic rings. The minimum Gasteiger partial charge on any atom is -0.345 e. The standard InChI is InChI=1S/C16H21FN2O2/c1-11-4-2-3-5-14(11)19-16(21)15(20)18-10-12-6-8-13(17)9-7-12/h6-9,11,14H,2-5,10H2,1H3,(H,18,20)(H,19,21)/t11-,14+/m1/s1. The normalized spacial score (nSPS) is 21.6. The summed E-state index contributed by atoms with van der Waals surface area (Å²) >= 11 is 0. The third-order valence-electron chi connectivity index (χ3n) is 4.00. The van der Waals surface area contributed by atoms with Gasteiger partial charge in [0, 0.05) is 12.6 Å². The first-order chi connectivity index (χ1) is 10.1. The largest absolute Gasteiger partial charge is 0.345 e. The fraction of sp³-hybridized carbons (Fsp3) is 0.500. The van der Waals surface area contributed by atoms with Crippen molar-refractivity contribution in [1.82, 2.24) is 10.6 Å². The van der Waals surface area contributed by atoms with Crippen LogP contribution in [0.4, 0.5) is 4.39 Å². The number of hydrogen-bond acceptors (Lipinski definition) is 2. The monoisotopic (exact) mass is 292 g/mol. The van der Waals surface area contributed by atoms with Crippen LogP contribution < -0.4 is 10.6 Å². The first kappa shape index (κ1) is 15.5. The summed E-state index contributed by atoms with van der Waals surface area (Å²) in [6.45, 7) is 2.31. The molecule has 0 saturated heterocycles. The van der Waals surface area contributed by atoms with Gasteiger partial charge in [-0.15, -0.1) is 0 Å². The van der Waals surface area contributed by atoms with E-state index in [4.69, 9.17) is 0 Å². The summed E-state index contributed by atoms with van der Waals surface area (Å²) < 4.78 is 12.8. The molecular formula is C16H21FN2O2. The fourth-order valence-electron chi connectivity index (χ4n) is 2.63. The van der Waals surface area contributed by atoms with Crippen molar-refractivity contribution in [3.05, 3.63) is 35.6 Å². The zero-order valence-corrected chi connectivity index (χ0v) is 12.2. The molecule has 2 amide bonds. The molecular weight excluding hydrogens is 271 g/mol. The molecule has 2 rings (SSSR count). The molecule has 0 spiro atoms. The maximum Gasteiger partial charge on any atom is 0.309 e. The summed E-state index contributed by atoms with van der Waals surface area (Å²) in [5, 5.41) is 5.35. The summed E-state index contributed by atoms with van der Waals surface area (Å²) in [4.78, 5) is 23.6. The van der Waals surface area contributed by atoms with Crippen molar-refractivity contribution in [3.8, 4) is 0 Å². The molecule has 0 radical (unpaired) electrons. The lowest BCUT2D eigenvalue weighted by atomic mass is 9.86. The van der Waals surface area contributed by atoms with Gasteiger partial charge in [0.05, 0.1) is 0 Å². The zero-order chi connectivity index (χ0) is 15.2. The van der Waals surface area contributed by atoms with Crippen molar-refractivity contribution in [1.29, 1.82) is 0 Å². The first-order valence-corrected chi connectivity index (χ1v) is 7.39. The SMILES string of the molecule is C[C@@H]1CCCC[C@@H]1NC(=O)C(=O)NCc1ccc(F)cc1. The molecule has 0 aliphatic heterocycles. The van der Waals surface area contributed by atoms with Crippen LogP contribution in [0.15, 0.2) is 24.3 Å². The van der Waals surface area contributed by atoms with E-state index in [1.807, 2.05) is 0 Å². The molecule has 0 bridgehead atoms. The van der Waals surface area contributed by atoms with E-state index in [0.717, 1.165) is 24.8 Å². The number of nitrogens with one attached hydrogen (secondary N) is 2. The molecule has 2 N–H and O–H groups in total. The van der Waals surface area contributed by atoms with E-state index < -0.39 is 11.8 Å². The average molecular weight is 292 g/mol. The number of carbonyl (C=O) groups excluding carboxylic acids is 2. The van der Waals surface area contributed by atoms with Gasteiger partial charge in [-0.3, -0.25) is 9.59 Å². The van der Waals surface area contributed by atoms with E-state index in [1.165, 1.54) is 18.6 Å². The van der Waals surface area contributed by atoms with Gasteiger partial charge in [-0.2, -0.15) is 0 Å². The van der Waals surface area contributed by atoms with Crippen molar-refractivity contribution in [2.75, 3.05) is 0 Å². The Labute approximate surface area is 124 Å². The summed E-state index contributed by atoms with van der Waals surface area (Å²) in [6.07, 6.45) is 4.29. The van der Waals surface area contributed by atoms with Gasteiger partial charge in [-0.05, 0) is 36.5 Å². The topological polar surface area (TPSA) is 58.2 Å². The Balaban J connectivity index is 1.79. The lowest BCUT2D eigenvalue weighted by molar-refractivity contribution is -0.140.